The molecule has 0 bridgehead atoms. The number of piperidine rings is 1. The van der Waals surface area contributed by atoms with E-state index in [1.807, 2.05) is 0 Å². The summed E-state index contributed by atoms with van der Waals surface area (Å²) in [7, 11) is 0. The zero-order chi connectivity index (χ0) is 10.7. The number of likely N-dealkylation sites (N-methyl/N-ethyl adjacent to an activating group) is 1. The topological polar surface area (TPSA) is 24.5 Å². The van der Waals surface area contributed by atoms with Crippen molar-refractivity contribution in [2.24, 2.45) is 5.41 Å². The normalized spacial score (nSPS) is 31.2. The second-order valence-electron chi connectivity index (χ2n) is 5.42. The Balaban J connectivity index is 1.69. The highest BCUT2D eigenvalue weighted by molar-refractivity contribution is 4.86. The maximum absolute atomic E-state index is 5.27. The Morgan fingerprint density at radius 3 is 2.87 bits per heavy atom. The van der Waals surface area contributed by atoms with Gasteiger partial charge in [0.1, 0.15) is 0 Å². The molecule has 0 amide bonds. The van der Waals surface area contributed by atoms with Gasteiger partial charge in [0.25, 0.3) is 0 Å². The van der Waals surface area contributed by atoms with E-state index in [1.165, 1.54) is 32.5 Å². The van der Waals surface area contributed by atoms with Crippen molar-refractivity contribution in [3.05, 3.63) is 0 Å². The Hall–Kier alpha value is -0.120. The van der Waals surface area contributed by atoms with Crippen molar-refractivity contribution in [3.8, 4) is 0 Å². The van der Waals surface area contributed by atoms with E-state index in [1.54, 1.807) is 0 Å². The number of ether oxygens (including phenoxy) is 1. The Morgan fingerprint density at radius 1 is 1.47 bits per heavy atom. The molecular weight excluding hydrogens is 188 g/mol. The molecule has 2 heterocycles. The van der Waals surface area contributed by atoms with E-state index in [9.17, 15) is 0 Å². The number of hydrogen-bond acceptors (Lipinski definition) is 3. The lowest BCUT2D eigenvalue weighted by Crippen LogP contribution is -2.53. The summed E-state index contributed by atoms with van der Waals surface area (Å²) >= 11 is 0. The predicted molar refractivity (Wildman–Crippen MR) is 62.1 cm³/mol. The zero-order valence-electron chi connectivity index (χ0n) is 10.1. The Kier molecular flexibility index (Phi) is 3.65. The summed E-state index contributed by atoms with van der Waals surface area (Å²) in [5, 5.41) is 3.71. The molecule has 0 spiro atoms. The van der Waals surface area contributed by atoms with Crippen molar-refractivity contribution >= 4 is 0 Å². The fourth-order valence-electron chi connectivity index (χ4n) is 2.45. The average molecular weight is 212 g/mol. The van der Waals surface area contributed by atoms with E-state index in [2.05, 4.69) is 24.1 Å². The van der Waals surface area contributed by atoms with Gasteiger partial charge in [0.2, 0.25) is 0 Å². The van der Waals surface area contributed by atoms with Crippen LogP contribution in [-0.4, -0.2) is 50.3 Å². The van der Waals surface area contributed by atoms with Crippen LogP contribution in [0, 0.1) is 5.41 Å². The maximum atomic E-state index is 5.27. The Bertz CT molecular complexity index is 204. The largest absolute Gasteiger partial charge is 0.380 e. The van der Waals surface area contributed by atoms with Gasteiger partial charge in [0.05, 0.1) is 13.2 Å². The third-order valence-electron chi connectivity index (χ3n) is 3.67. The highest BCUT2D eigenvalue weighted by Crippen LogP contribution is 2.25. The second kappa shape index (κ2) is 4.81. The van der Waals surface area contributed by atoms with E-state index < -0.39 is 0 Å². The third-order valence-corrected chi connectivity index (χ3v) is 3.67. The Labute approximate surface area is 93.2 Å². The quantitative estimate of drug-likeness (QED) is 0.755. The first-order valence-corrected chi connectivity index (χ1v) is 6.25. The predicted octanol–water partition coefficient (Wildman–Crippen LogP) is 1.10. The molecule has 0 radical (unpaired) electrons. The van der Waals surface area contributed by atoms with Crippen LogP contribution >= 0.6 is 0 Å². The minimum atomic E-state index is 0.411. The molecule has 2 saturated heterocycles. The van der Waals surface area contributed by atoms with Crippen molar-refractivity contribution in [3.63, 3.8) is 0 Å². The minimum Gasteiger partial charge on any atom is -0.380 e. The lowest BCUT2D eigenvalue weighted by Gasteiger charge is -2.40. The number of rotatable bonds is 4. The average Bonchev–Trinajstić information content (AvgIpc) is 2.24. The van der Waals surface area contributed by atoms with E-state index >= 15 is 0 Å². The SMILES string of the molecule is CCN1CCCC(NCC2(C)COC2)C1. The summed E-state index contributed by atoms with van der Waals surface area (Å²) < 4.78 is 5.27. The van der Waals surface area contributed by atoms with Crippen molar-refractivity contribution < 1.29 is 4.74 Å². The van der Waals surface area contributed by atoms with Gasteiger partial charge < -0.3 is 15.0 Å². The highest BCUT2D eigenvalue weighted by atomic mass is 16.5. The minimum absolute atomic E-state index is 0.411. The van der Waals surface area contributed by atoms with Crippen LogP contribution in [0.4, 0.5) is 0 Å². The van der Waals surface area contributed by atoms with Crippen molar-refractivity contribution in [2.75, 3.05) is 39.4 Å². The number of hydrogen-bond donors (Lipinski definition) is 1. The van der Waals surface area contributed by atoms with E-state index in [4.69, 9.17) is 4.74 Å². The molecule has 2 fully saturated rings. The van der Waals surface area contributed by atoms with Gasteiger partial charge in [-0.15, -0.1) is 0 Å². The molecule has 1 atom stereocenters. The van der Waals surface area contributed by atoms with E-state index in [0.29, 0.717) is 11.5 Å². The van der Waals surface area contributed by atoms with Crippen LogP contribution in [0.1, 0.15) is 26.7 Å². The van der Waals surface area contributed by atoms with Crippen LogP contribution in [-0.2, 0) is 4.74 Å². The monoisotopic (exact) mass is 212 g/mol. The van der Waals surface area contributed by atoms with Gasteiger partial charge in [-0.25, -0.2) is 0 Å². The lowest BCUT2D eigenvalue weighted by atomic mass is 9.88. The molecule has 3 heteroatoms. The molecule has 2 aliphatic rings. The number of likely N-dealkylation sites (tertiary alicyclic amines) is 1. The standard InChI is InChI=1S/C12H24N2O/c1-3-14-6-4-5-11(7-14)13-8-12(2)9-15-10-12/h11,13H,3-10H2,1-2H3. The van der Waals surface area contributed by atoms with Gasteiger partial charge in [-0.3, -0.25) is 0 Å². The molecule has 88 valence electrons. The number of nitrogens with zero attached hydrogens (tertiary/aromatic N) is 1. The van der Waals surface area contributed by atoms with Gasteiger partial charge in [0, 0.05) is 24.5 Å². The highest BCUT2D eigenvalue weighted by Gasteiger charge is 2.33. The second-order valence-corrected chi connectivity index (χ2v) is 5.42. The van der Waals surface area contributed by atoms with E-state index in [-0.39, 0.29) is 0 Å². The van der Waals surface area contributed by atoms with Crippen LogP contribution in [0.5, 0.6) is 0 Å². The molecule has 3 nitrogen and oxygen atoms in total. The van der Waals surface area contributed by atoms with Crippen molar-refractivity contribution in [2.45, 2.75) is 32.7 Å². The first-order valence-electron chi connectivity index (χ1n) is 6.25. The van der Waals surface area contributed by atoms with Crippen LogP contribution in [0.25, 0.3) is 0 Å². The summed E-state index contributed by atoms with van der Waals surface area (Å²) in [5.41, 5.74) is 0.411. The summed E-state index contributed by atoms with van der Waals surface area (Å²) in [6.45, 7) is 11.3. The fourth-order valence-corrected chi connectivity index (χ4v) is 2.45. The molecule has 0 aromatic rings. The molecular formula is C12H24N2O. The smallest absolute Gasteiger partial charge is 0.0554 e. The lowest BCUT2D eigenvalue weighted by molar-refractivity contribution is -0.101. The van der Waals surface area contributed by atoms with Crippen LogP contribution in [0.2, 0.25) is 0 Å². The summed E-state index contributed by atoms with van der Waals surface area (Å²) in [6.07, 6.45) is 2.69. The molecule has 2 aliphatic heterocycles. The van der Waals surface area contributed by atoms with Crippen LogP contribution in [0.3, 0.4) is 0 Å². The molecule has 0 aliphatic carbocycles. The van der Waals surface area contributed by atoms with Gasteiger partial charge in [0.15, 0.2) is 0 Å². The van der Waals surface area contributed by atoms with Crippen molar-refractivity contribution in [1.82, 2.24) is 10.2 Å². The summed E-state index contributed by atoms with van der Waals surface area (Å²) in [6, 6.07) is 0.705. The Morgan fingerprint density at radius 2 is 2.27 bits per heavy atom. The molecule has 2 rings (SSSR count). The molecule has 1 N–H and O–H groups in total. The van der Waals surface area contributed by atoms with Gasteiger partial charge in [-0.2, -0.15) is 0 Å². The molecule has 1 unspecified atom stereocenters. The molecule has 0 aromatic heterocycles. The van der Waals surface area contributed by atoms with Crippen molar-refractivity contribution in [1.29, 1.82) is 0 Å². The van der Waals surface area contributed by atoms with Gasteiger partial charge in [-0.05, 0) is 25.9 Å². The van der Waals surface area contributed by atoms with E-state index in [0.717, 1.165) is 19.8 Å². The van der Waals surface area contributed by atoms with Gasteiger partial charge >= 0.3 is 0 Å². The maximum Gasteiger partial charge on any atom is 0.0554 e. The summed E-state index contributed by atoms with van der Waals surface area (Å²) in [4.78, 5) is 2.54. The summed E-state index contributed by atoms with van der Waals surface area (Å²) in [5.74, 6) is 0. The molecule has 15 heavy (non-hydrogen) atoms. The molecule has 0 aromatic carbocycles. The molecule has 0 saturated carbocycles. The third kappa shape index (κ3) is 2.92. The number of nitrogens with one attached hydrogen (secondary N) is 1. The fraction of sp³-hybridized carbons (Fsp3) is 1.00. The first-order chi connectivity index (χ1) is 7.22. The zero-order valence-corrected chi connectivity index (χ0v) is 10.1. The van der Waals surface area contributed by atoms with Gasteiger partial charge in [-0.1, -0.05) is 13.8 Å². The first kappa shape index (κ1) is 11.4. The van der Waals surface area contributed by atoms with Crippen LogP contribution in [0.15, 0.2) is 0 Å². The van der Waals surface area contributed by atoms with Crippen LogP contribution < -0.4 is 5.32 Å².